The van der Waals surface area contributed by atoms with Gasteiger partial charge in [0, 0.05) is 11.1 Å². The number of carbonyl (C=O) groups is 2. The van der Waals surface area contributed by atoms with Crippen LogP contribution in [0, 0.1) is 0 Å². The van der Waals surface area contributed by atoms with Crippen LogP contribution in [0.25, 0.3) is 10.6 Å². The molecule has 2 aromatic carbocycles. The van der Waals surface area contributed by atoms with Gasteiger partial charge in [-0.15, -0.1) is 10.2 Å². The first kappa shape index (κ1) is 18.0. The normalized spacial score (nSPS) is 10.4. The monoisotopic (exact) mass is 387 g/mol. The number of benzene rings is 2. The van der Waals surface area contributed by atoms with Gasteiger partial charge in [-0.1, -0.05) is 53.3 Å². The van der Waals surface area contributed by atoms with Gasteiger partial charge in [-0.25, -0.2) is 0 Å². The molecule has 1 amide bonds. The van der Waals surface area contributed by atoms with E-state index >= 15 is 0 Å². The molecule has 6 nitrogen and oxygen atoms in total. The van der Waals surface area contributed by atoms with Crippen molar-refractivity contribution in [2.75, 3.05) is 11.9 Å². The van der Waals surface area contributed by atoms with Gasteiger partial charge in [0.05, 0.1) is 5.02 Å². The van der Waals surface area contributed by atoms with Gasteiger partial charge >= 0.3 is 0 Å². The van der Waals surface area contributed by atoms with Crippen molar-refractivity contribution in [1.82, 2.24) is 10.2 Å². The Labute approximate surface area is 158 Å². The first-order valence-corrected chi connectivity index (χ1v) is 8.84. The molecule has 26 heavy (non-hydrogen) atoms. The number of hydrogen-bond donors (Lipinski definition) is 1. The Balaban J connectivity index is 1.60. The number of Topliss-reactive ketones (excluding diaryl/α,β-unsaturated/α-hetero) is 1. The number of nitrogens with zero attached hydrogens (tertiary/aromatic N) is 2. The van der Waals surface area contributed by atoms with Crippen LogP contribution in [-0.2, 0) is 4.79 Å². The molecule has 0 saturated heterocycles. The zero-order valence-corrected chi connectivity index (χ0v) is 15.3. The summed E-state index contributed by atoms with van der Waals surface area (Å²) < 4.78 is 5.41. The van der Waals surface area contributed by atoms with E-state index in [-0.39, 0.29) is 18.3 Å². The highest BCUT2D eigenvalue weighted by Gasteiger charge is 2.12. The first-order chi connectivity index (χ1) is 12.5. The third-order valence-corrected chi connectivity index (χ3v) is 4.59. The summed E-state index contributed by atoms with van der Waals surface area (Å²) in [6.07, 6.45) is 0. The number of ether oxygens (including phenoxy) is 1. The van der Waals surface area contributed by atoms with Crippen molar-refractivity contribution in [3.8, 4) is 16.3 Å². The Hall–Kier alpha value is -2.77. The number of halogens is 1. The van der Waals surface area contributed by atoms with Crippen LogP contribution in [0.15, 0.2) is 48.5 Å². The number of hydrogen-bond acceptors (Lipinski definition) is 6. The van der Waals surface area contributed by atoms with Crippen LogP contribution in [0.4, 0.5) is 5.13 Å². The van der Waals surface area contributed by atoms with E-state index in [0.29, 0.717) is 26.5 Å². The Morgan fingerprint density at radius 2 is 1.96 bits per heavy atom. The molecule has 0 bridgehead atoms. The summed E-state index contributed by atoms with van der Waals surface area (Å²) in [4.78, 5) is 23.4. The Bertz CT molecular complexity index is 958. The summed E-state index contributed by atoms with van der Waals surface area (Å²) in [5.41, 5.74) is 1.28. The molecule has 1 heterocycles. The second-order valence-electron chi connectivity index (χ2n) is 5.31. The molecule has 0 aliphatic rings. The quantitative estimate of drug-likeness (QED) is 0.644. The van der Waals surface area contributed by atoms with E-state index < -0.39 is 0 Å². The van der Waals surface area contributed by atoms with Crippen LogP contribution in [0.2, 0.25) is 5.02 Å². The molecular weight excluding hydrogens is 374 g/mol. The van der Waals surface area contributed by atoms with E-state index in [2.05, 4.69) is 15.5 Å². The van der Waals surface area contributed by atoms with Gasteiger partial charge in [0.15, 0.2) is 17.4 Å². The van der Waals surface area contributed by atoms with Gasteiger partial charge in [0.1, 0.15) is 5.75 Å². The van der Waals surface area contributed by atoms with Crippen LogP contribution >= 0.6 is 22.9 Å². The maximum Gasteiger partial charge on any atom is 0.264 e. The van der Waals surface area contributed by atoms with Crippen LogP contribution in [0.5, 0.6) is 5.75 Å². The minimum Gasteiger partial charge on any atom is -0.484 e. The highest BCUT2D eigenvalue weighted by Crippen LogP contribution is 2.31. The second-order valence-corrected chi connectivity index (χ2v) is 6.70. The third kappa shape index (κ3) is 4.44. The third-order valence-electron chi connectivity index (χ3n) is 3.39. The Morgan fingerprint density at radius 3 is 2.73 bits per heavy atom. The van der Waals surface area contributed by atoms with Crippen molar-refractivity contribution in [2.24, 2.45) is 0 Å². The highest BCUT2D eigenvalue weighted by atomic mass is 35.5. The van der Waals surface area contributed by atoms with Gasteiger partial charge in [-0.05, 0) is 25.1 Å². The van der Waals surface area contributed by atoms with Crippen molar-refractivity contribution in [1.29, 1.82) is 0 Å². The summed E-state index contributed by atoms with van der Waals surface area (Å²) in [6.45, 7) is 1.26. The lowest BCUT2D eigenvalue weighted by Crippen LogP contribution is -2.20. The number of aromatic nitrogens is 2. The number of rotatable bonds is 6. The zero-order valence-electron chi connectivity index (χ0n) is 13.7. The molecule has 8 heteroatoms. The largest absolute Gasteiger partial charge is 0.484 e. The van der Waals surface area contributed by atoms with Crippen LogP contribution in [0.1, 0.15) is 17.3 Å². The summed E-state index contributed by atoms with van der Waals surface area (Å²) in [6, 6.07) is 13.9. The highest BCUT2D eigenvalue weighted by molar-refractivity contribution is 7.18. The van der Waals surface area contributed by atoms with Gasteiger partial charge in [-0.3, -0.25) is 14.9 Å². The van der Waals surface area contributed by atoms with Crippen LogP contribution in [0.3, 0.4) is 0 Å². The predicted molar refractivity (Wildman–Crippen MR) is 101 cm³/mol. The van der Waals surface area contributed by atoms with Crippen molar-refractivity contribution in [3.05, 3.63) is 59.1 Å². The van der Waals surface area contributed by atoms with Crippen molar-refractivity contribution in [3.63, 3.8) is 0 Å². The predicted octanol–water partition coefficient (Wildman–Crippen LogP) is 4.08. The summed E-state index contributed by atoms with van der Waals surface area (Å²) in [7, 11) is 0. The average Bonchev–Trinajstić information content (AvgIpc) is 3.08. The number of amides is 1. The molecule has 0 aliphatic carbocycles. The van der Waals surface area contributed by atoms with Gasteiger partial charge in [0.2, 0.25) is 5.13 Å². The molecule has 1 aromatic heterocycles. The van der Waals surface area contributed by atoms with Gasteiger partial charge in [-0.2, -0.15) is 0 Å². The fourth-order valence-corrected chi connectivity index (χ4v) is 3.21. The number of ketones is 1. The van der Waals surface area contributed by atoms with Gasteiger partial charge < -0.3 is 4.74 Å². The maximum absolute atomic E-state index is 12.0. The number of carbonyl (C=O) groups excluding carboxylic acids is 2. The molecule has 0 unspecified atom stereocenters. The SMILES string of the molecule is CC(=O)c1cccc(OCC(=O)Nc2nnc(-c3ccccc3Cl)s2)c1. The van der Waals surface area contributed by atoms with Gasteiger partial charge in [0.25, 0.3) is 5.91 Å². The summed E-state index contributed by atoms with van der Waals surface area (Å²) in [5, 5.41) is 12.1. The molecule has 0 aliphatic heterocycles. The van der Waals surface area contributed by atoms with E-state index in [1.54, 1.807) is 30.3 Å². The topological polar surface area (TPSA) is 81.2 Å². The number of nitrogens with one attached hydrogen (secondary N) is 1. The Kier molecular flexibility index (Phi) is 5.60. The average molecular weight is 388 g/mol. The zero-order chi connectivity index (χ0) is 18.5. The molecule has 0 saturated carbocycles. The standard InChI is InChI=1S/C18H14ClN3O3S/c1-11(23)12-5-4-6-13(9-12)25-10-16(24)20-18-22-21-17(26-18)14-7-2-3-8-15(14)19/h2-9H,10H2,1H3,(H,20,22,24). The molecule has 0 spiro atoms. The van der Waals surface area contributed by atoms with E-state index in [1.165, 1.54) is 18.3 Å². The smallest absolute Gasteiger partial charge is 0.264 e. The number of anilines is 1. The molecule has 0 fully saturated rings. The maximum atomic E-state index is 12.0. The fraction of sp³-hybridized carbons (Fsp3) is 0.111. The minimum absolute atomic E-state index is 0.0686. The lowest BCUT2D eigenvalue weighted by atomic mass is 10.1. The molecule has 0 atom stereocenters. The molecular formula is C18H14ClN3O3S. The summed E-state index contributed by atoms with van der Waals surface area (Å²) in [5.74, 6) is 0.00261. The summed E-state index contributed by atoms with van der Waals surface area (Å²) >= 11 is 7.35. The van der Waals surface area contributed by atoms with Crippen LogP contribution < -0.4 is 10.1 Å². The lowest BCUT2D eigenvalue weighted by molar-refractivity contribution is -0.118. The first-order valence-electron chi connectivity index (χ1n) is 7.65. The van der Waals surface area contributed by atoms with E-state index in [9.17, 15) is 9.59 Å². The molecule has 3 aromatic rings. The molecule has 0 radical (unpaired) electrons. The molecule has 3 rings (SSSR count). The minimum atomic E-state index is -0.375. The van der Waals surface area contributed by atoms with E-state index in [4.69, 9.17) is 16.3 Å². The Morgan fingerprint density at radius 1 is 1.15 bits per heavy atom. The van der Waals surface area contributed by atoms with E-state index in [0.717, 1.165) is 5.56 Å². The molecule has 132 valence electrons. The second kappa shape index (κ2) is 8.07. The fourth-order valence-electron chi connectivity index (χ4n) is 2.13. The van der Waals surface area contributed by atoms with Crippen molar-refractivity contribution in [2.45, 2.75) is 6.92 Å². The van der Waals surface area contributed by atoms with Crippen LogP contribution in [-0.4, -0.2) is 28.5 Å². The van der Waals surface area contributed by atoms with E-state index in [1.807, 2.05) is 18.2 Å². The molecule has 1 N–H and O–H groups in total. The van der Waals surface area contributed by atoms with Crippen molar-refractivity contribution < 1.29 is 14.3 Å². The lowest BCUT2D eigenvalue weighted by Gasteiger charge is -2.06. The van der Waals surface area contributed by atoms with Crippen molar-refractivity contribution >= 4 is 39.8 Å².